The lowest BCUT2D eigenvalue weighted by Crippen LogP contribution is -2.60. The van der Waals surface area contributed by atoms with Gasteiger partial charge in [-0.15, -0.1) is 0 Å². The third-order valence-corrected chi connectivity index (χ3v) is 10.5. The van der Waals surface area contributed by atoms with E-state index in [9.17, 15) is 33.6 Å². The van der Waals surface area contributed by atoms with Crippen LogP contribution in [-0.2, 0) is 57.6 Å². The first-order valence-corrected chi connectivity index (χ1v) is 22.5. The van der Waals surface area contributed by atoms with Gasteiger partial charge in [-0.25, -0.2) is 14.4 Å². The third kappa shape index (κ3) is 19.3. The summed E-state index contributed by atoms with van der Waals surface area (Å²) in [7, 11) is 2.70. The highest BCUT2D eigenvalue weighted by Crippen LogP contribution is 2.16. The maximum absolute atomic E-state index is 14.6. The minimum absolute atomic E-state index is 0.0311. The van der Waals surface area contributed by atoms with Gasteiger partial charge in [-0.1, -0.05) is 119 Å². The van der Waals surface area contributed by atoms with Crippen molar-refractivity contribution >= 4 is 41.8 Å². The van der Waals surface area contributed by atoms with Crippen molar-refractivity contribution in [1.29, 1.82) is 0 Å². The van der Waals surface area contributed by atoms with Crippen molar-refractivity contribution < 1.29 is 47.8 Å². The van der Waals surface area contributed by atoms with Crippen molar-refractivity contribution in [3.63, 3.8) is 0 Å². The molecule has 0 heterocycles. The number of ether oxygens (including phenoxy) is 3. The van der Waals surface area contributed by atoms with E-state index >= 15 is 0 Å². The Labute approximate surface area is 389 Å². The average Bonchev–Trinajstić information content (AvgIpc) is 3.27. The minimum Gasteiger partial charge on any atom is -0.467 e. The van der Waals surface area contributed by atoms with Crippen LogP contribution in [0.15, 0.2) is 91.0 Å². The third-order valence-electron chi connectivity index (χ3n) is 10.5. The Morgan fingerprint density at radius 2 is 1.15 bits per heavy atom. The van der Waals surface area contributed by atoms with Crippen LogP contribution in [0.3, 0.4) is 0 Å². The maximum atomic E-state index is 14.6. The molecule has 0 aromatic heterocycles. The van der Waals surface area contributed by atoms with E-state index in [4.69, 9.17) is 14.2 Å². The van der Waals surface area contributed by atoms with E-state index in [-0.39, 0.29) is 44.8 Å². The number of methoxy groups -OCH3 is 1. The van der Waals surface area contributed by atoms with Gasteiger partial charge in [-0.2, -0.15) is 0 Å². The summed E-state index contributed by atoms with van der Waals surface area (Å²) in [5, 5.41) is 13.8. The molecule has 16 heteroatoms. The van der Waals surface area contributed by atoms with E-state index < -0.39 is 83.5 Å². The van der Waals surface area contributed by atoms with Crippen LogP contribution in [-0.4, -0.2) is 103 Å². The summed E-state index contributed by atoms with van der Waals surface area (Å²) in [4.78, 5) is 96.6. The van der Waals surface area contributed by atoms with Gasteiger partial charge in [0.25, 0.3) is 0 Å². The number of unbranched alkanes of at least 4 members (excludes halogenated alkanes) is 1. The van der Waals surface area contributed by atoms with Gasteiger partial charge in [0, 0.05) is 26.4 Å². The van der Waals surface area contributed by atoms with Crippen LogP contribution in [0.25, 0.3) is 0 Å². The fraction of sp³-hybridized carbons (Fsp3) is 0.500. The minimum atomic E-state index is -1.18. The van der Waals surface area contributed by atoms with Crippen LogP contribution in [0.2, 0.25) is 0 Å². The predicted octanol–water partition coefficient (Wildman–Crippen LogP) is 5.62. The van der Waals surface area contributed by atoms with E-state index in [0.717, 1.165) is 16.7 Å². The molecule has 0 fully saturated rings. The predicted molar refractivity (Wildman–Crippen MR) is 251 cm³/mol. The largest absolute Gasteiger partial charge is 0.467 e. The number of hydrogen-bond acceptors (Lipinski definition) is 10. The SMILES string of the molecule is COC(=O)[C@H](Cc1ccccc1)NC(=O)[C@@H](Cc1ccccc1)N(C)C(=O)[C@@H](NC(=O)[C@H](CCCCNC(=O)OCc1ccccc1)NC(=O)[C@H](CC(C)C)NC(=O)OC(C)(C)C)C(C)C. The summed E-state index contributed by atoms with van der Waals surface area (Å²) in [5.41, 5.74) is 1.54. The number of nitrogens with one attached hydrogen (secondary N) is 5. The van der Waals surface area contributed by atoms with Crippen molar-refractivity contribution in [2.75, 3.05) is 20.7 Å². The Morgan fingerprint density at radius 3 is 1.68 bits per heavy atom. The molecular weight excluding hydrogens is 845 g/mol. The zero-order chi connectivity index (χ0) is 48.8. The molecule has 0 saturated heterocycles. The number of nitrogens with zero attached hydrogens (tertiary/aromatic N) is 1. The highest BCUT2D eigenvalue weighted by Gasteiger charge is 2.37. The molecule has 0 aliphatic rings. The van der Waals surface area contributed by atoms with Crippen molar-refractivity contribution in [3.8, 4) is 0 Å². The van der Waals surface area contributed by atoms with Gasteiger partial charge in [-0.05, 0) is 75.0 Å². The monoisotopic (exact) mass is 915 g/mol. The molecule has 0 aliphatic carbocycles. The second-order valence-corrected chi connectivity index (χ2v) is 18.0. The molecule has 6 amide bonds. The van der Waals surface area contributed by atoms with Gasteiger partial charge in [0.1, 0.15) is 42.4 Å². The quantitative estimate of drug-likeness (QED) is 0.0426. The molecule has 3 rings (SSSR count). The number of likely N-dealkylation sites (N-methyl/N-ethyl adjacent to an activating group) is 1. The number of amides is 6. The highest BCUT2D eigenvalue weighted by molar-refractivity contribution is 5.96. The summed E-state index contributed by atoms with van der Waals surface area (Å²) in [6.45, 7) is 12.7. The molecule has 16 nitrogen and oxygen atoms in total. The summed E-state index contributed by atoms with van der Waals surface area (Å²) in [6.07, 6.45) is -0.0693. The van der Waals surface area contributed by atoms with Gasteiger partial charge in [0.2, 0.25) is 23.6 Å². The zero-order valence-electron chi connectivity index (χ0n) is 39.9. The Balaban J connectivity index is 1.86. The van der Waals surface area contributed by atoms with Gasteiger partial charge in [0.15, 0.2) is 0 Å². The summed E-state index contributed by atoms with van der Waals surface area (Å²) < 4.78 is 15.8. The molecule has 3 aromatic carbocycles. The molecule has 0 unspecified atom stereocenters. The van der Waals surface area contributed by atoms with Crippen LogP contribution in [0.4, 0.5) is 9.59 Å². The van der Waals surface area contributed by atoms with Crippen LogP contribution in [0, 0.1) is 11.8 Å². The molecule has 3 aromatic rings. The van der Waals surface area contributed by atoms with Gasteiger partial charge in [0.05, 0.1) is 7.11 Å². The second-order valence-electron chi connectivity index (χ2n) is 18.0. The number of benzene rings is 3. The number of alkyl carbamates (subject to hydrolysis) is 2. The Hall–Kier alpha value is -6.45. The second kappa shape index (κ2) is 27.1. The van der Waals surface area contributed by atoms with Crippen LogP contribution >= 0.6 is 0 Å². The summed E-state index contributed by atoms with van der Waals surface area (Å²) >= 11 is 0. The number of rotatable bonds is 24. The van der Waals surface area contributed by atoms with Crippen LogP contribution in [0.1, 0.15) is 90.8 Å². The summed E-state index contributed by atoms with van der Waals surface area (Å²) in [6, 6.07) is 21.9. The Kier molecular flexibility index (Phi) is 22.1. The summed E-state index contributed by atoms with van der Waals surface area (Å²) in [5.74, 6) is -3.66. The maximum Gasteiger partial charge on any atom is 0.408 e. The molecule has 5 N–H and O–H groups in total. The highest BCUT2D eigenvalue weighted by atomic mass is 16.6. The van der Waals surface area contributed by atoms with E-state index in [1.165, 1.54) is 19.1 Å². The lowest BCUT2D eigenvalue weighted by atomic mass is 9.98. The van der Waals surface area contributed by atoms with Gasteiger partial charge >= 0.3 is 18.2 Å². The molecule has 0 saturated carbocycles. The van der Waals surface area contributed by atoms with Crippen molar-refractivity contribution in [2.45, 2.75) is 129 Å². The van der Waals surface area contributed by atoms with E-state index in [2.05, 4.69) is 26.6 Å². The standard InChI is InChI=1S/C50H70N6O10/c1-33(2)29-39(54-49(63)66-50(5,6)7)44(58)52-38(27-19-20-28-51-48(62)65-32-37-25-17-12-18-26-37)43(57)55-42(34(3)4)46(60)56(8)41(31-36-23-15-11-16-24-36)45(59)53-40(47(61)64-9)30-35-21-13-10-14-22-35/h10-18,21-26,33-34,38-42H,19-20,27-32H2,1-9H3,(H,51,62)(H,52,58)(H,53,59)(H,54,63)(H,55,57)/t38-,39-,40-,41+,42-/m0/s1. The molecule has 0 spiro atoms. The molecule has 0 bridgehead atoms. The van der Waals surface area contributed by atoms with Gasteiger partial charge in [-0.3, -0.25) is 19.2 Å². The molecule has 0 radical (unpaired) electrons. The van der Waals surface area contributed by atoms with E-state index in [1.54, 1.807) is 34.6 Å². The van der Waals surface area contributed by atoms with E-state index in [0.29, 0.717) is 12.8 Å². The Morgan fingerprint density at radius 1 is 0.621 bits per heavy atom. The number of hydrogen-bond donors (Lipinski definition) is 5. The van der Waals surface area contributed by atoms with Crippen LogP contribution in [0.5, 0.6) is 0 Å². The lowest BCUT2D eigenvalue weighted by molar-refractivity contribution is -0.147. The Bertz CT molecular complexity index is 2010. The van der Waals surface area contributed by atoms with Crippen LogP contribution < -0.4 is 26.6 Å². The van der Waals surface area contributed by atoms with Crippen molar-refractivity contribution in [1.82, 2.24) is 31.5 Å². The first-order valence-electron chi connectivity index (χ1n) is 22.5. The van der Waals surface area contributed by atoms with E-state index in [1.807, 2.05) is 105 Å². The smallest absolute Gasteiger partial charge is 0.408 e. The molecule has 360 valence electrons. The number of carbonyl (C=O) groups excluding carboxylic acids is 7. The molecule has 5 atom stereocenters. The average molecular weight is 915 g/mol. The van der Waals surface area contributed by atoms with Crippen molar-refractivity contribution in [3.05, 3.63) is 108 Å². The fourth-order valence-electron chi connectivity index (χ4n) is 6.97. The first kappa shape index (κ1) is 53.9. The first-order chi connectivity index (χ1) is 31.3. The van der Waals surface area contributed by atoms with Crippen molar-refractivity contribution in [2.24, 2.45) is 11.8 Å². The number of carbonyl (C=O) groups is 7. The topological polar surface area (TPSA) is 211 Å². The lowest BCUT2D eigenvalue weighted by Gasteiger charge is -2.34. The molecule has 66 heavy (non-hydrogen) atoms. The van der Waals surface area contributed by atoms with Gasteiger partial charge < -0.3 is 45.7 Å². The fourth-order valence-corrected chi connectivity index (χ4v) is 6.97. The normalized spacial score (nSPS) is 13.5. The molecular formula is C50H70N6O10. The number of esters is 1. The molecule has 0 aliphatic heterocycles. The zero-order valence-corrected chi connectivity index (χ0v) is 39.9.